The van der Waals surface area contributed by atoms with Gasteiger partial charge in [-0.2, -0.15) is 5.01 Å². The Labute approximate surface area is 244 Å². The molecule has 2 fully saturated rings. The van der Waals surface area contributed by atoms with Gasteiger partial charge in [0.25, 0.3) is 0 Å². The molecule has 4 amide bonds. The number of urea groups is 1. The molecule has 2 atom stereocenters. The third-order valence-corrected chi connectivity index (χ3v) is 7.79. The number of benzene rings is 3. The number of piperazine rings is 1. The molecule has 2 aliphatic rings. The molecular formula is C32H35F2N5O3. The topological polar surface area (TPSA) is 76.2 Å². The highest BCUT2D eigenvalue weighted by molar-refractivity contribution is 5.91. The van der Waals surface area contributed by atoms with E-state index >= 15 is 0 Å². The van der Waals surface area contributed by atoms with Gasteiger partial charge in [-0.15, -0.1) is 0 Å². The number of aryl methyl sites for hydroxylation is 1. The quantitative estimate of drug-likeness (QED) is 0.292. The van der Waals surface area contributed by atoms with Crippen molar-refractivity contribution in [2.75, 3.05) is 26.4 Å². The fourth-order valence-electron chi connectivity index (χ4n) is 5.68. The molecule has 0 saturated carbocycles. The molecule has 3 aromatic carbocycles. The lowest BCUT2D eigenvalue weighted by atomic mass is 9.98. The molecule has 2 saturated heterocycles. The molecular weight excluding hydrogens is 540 g/mol. The largest absolute Gasteiger partial charge is 0.337 e. The molecule has 0 aromatic heterocycles. The fourth-order valence-corrected chi connectivity index (χ4v) is 5.68. The number of unbranched alkanes of at least 4 members (excludes halogenated alkanes) is 1. The third kappa shape index (κ3) is 6.76. The number of amides is 4. The predicted molar refractivity (Wildman–Crippen MR) is 154 cm³/mol. The van der Waals surface area contributed by atoms with Crippen LogP contribution in [0.5, 0.6) is 0 Å². The molecule has 0 spiro atoms. The summed E-state index contributed by atoms with van der Waals surface area (Å²) in [6, 6.07) is 23.8. The average Bonchev–Trinajstić information content (AvgIpc) is 3.01. The van der Waals surface area contributed by atoms with Crippen molar-refractivity contribution < 1.29 is 23.2 Å². The first kappa shape index (κ1) is 29.2. The molecule has 2 heterocycles. The van der Waals surface area contributed by atoms with Gasteiger partial charge in [0, 0.05) is 19.5 Å². The van der Waals surface area contributed by atoms with E-state index in [1.54, 1.807) is 17.0 Å². The summed E-state index contributed by atoms with van der Waals surface area (Å²) in [6.07, 6.45) is 1.88. The number of nitrogens with zero attached hydrogens (tertiary/aromatic N) is 4. The maximum Gasteiger partial charge on any atom is 0.334 e. The summed E-state index contributed by atoms with van der Waals surface area (Å²) in [7, 11) is 0. The van der Waals surface area contributed by atoms with E-state index < -0.39 is 30.9 Å². The van der Waals surface area contributed by atoms with E-state index in [2.05, 4.69) is 17.4 Å². The highest BCUT2D eigenvalue weighted by atomic mass is 19.1. The van der Waals surface area contributed by atoms with Gasteiger partial charge in [0.05, 0.1) is 6.54 Å². The van der Waals surface area contributed by atoms with E-state index in [0.717, 1.165) is 29.8 Å². The number of fused-ring (bicyclic) bond motifs is 1. The number of hydrogen-bond acceptors (Lipinski definition) is 4. The van der Waals surface area contributed by atoms with Gasteiger partial charge >= 0.3 is 6.03 Å². The van der Waals surface area contributed by atoms with Crippen LogP contribution in [0.2, 0.25) is 0 Å². The van der Waals surface area contributed by atoms with Crippen LogP contribution in [-0.2, 0) is 29.0 Å². The zero-order valence-electron chi connectivity index (χ0n) is 23.4. The smallest absolute Gasteiger partial charge is 0.334 e. The Kier molecular flexibility index (Phi) is 9.43. The monoisotopic (exact) mass is 575 g/mol. The minimum absolute atomic E-state index is 0.0711. The molecule has 0 bridgehead atoms. The van der Waals surface area contributed by atoms with Crippen molar-refractivity contribution in [2.24, 2.45) is 0 Å². The van der Waals surface area contributed by atoms with Crippen molar-refractivity contribution in [2.45, 2.75) is 44.4 Å². The van der Waals surface area contributed by atoms with Gasteiger partial charge in [0.2, 0.25) is 11.8 Å². The zero-order valence-corrected chi connectivity index (χ0v) is 23.4. The Hall–Kier alpha value is -4.31. The van der Waals surface area contributed by atoms with Crippen LogP contribution in [0.15, 0.2) is 84.9 Å². The molecule has 42 heavy (non-hydrogen) atoms. The van der Waals surface area contributed by atoms with Crippen molar-refractivity contribution in [3.05, 3.63) is 107 Å². The number of alkyl halides is 1. The third-order valence-electron chi connectivity index (χ3n) is 7.79. The summed E-state index contributed by atoms with van der Waals surface area (Å²) in [4.78, 5) is 43.9. The molecule has 10 heteroatoms. The second-order valence-corrected chi connectivity index (χ2v) is 10.6. The summed E-state index contributed by atoms with van der Waals surface area (Å²) in [5, 5.41) is 5.08. The maximum atomic E-state index is 14.3. The number of halogens is 2. The van der Waals surface area contributed by atoms with Crippen LogP contribution in [0.3, 0.4) is 0 Å². The summed E-state index contributed by atoms with van der Waals surface area (Å²) >= 11 is 0. The van der Waals surface area contributed by atoms with Crippen molar-refractivity contribution >= 4 is 17.8 Å². The number of carbonyl (C=O) groups is 3. The highest BCUT2D eigenvalue weighted by Gasteiger charge is 2.51. The lowest BCUT2D eigenvalue weighted by Gasteiger charge is -2.54. The Morgan fingerprint density at radius 1 is 0.857 bits per heavy atom. The minimum Gasteiger partial charge on any atom is -0.337 e. The minimum atomic E-state index is -1.05. The highest BCUT2D eigenvalue weighted by Crippen LogP contribution is 2.28. The molecule has 0 radical (unpaired) electrons. The van der Waals surface area contributed by atoms with E-state index in [1.807, 2.05) is 48.5 Å². The number of hydrogen-bond donors (Lipinski definition) is 1. The summed E-state index contributed by atoms with van der Waals surface area (Å²) in [5.74, 6) is -0.971. The standard InChI is InChI=1S/C32H35F2N5O3/c33-23-37-22-30(40)38-28(19-25-12-5-2-6-13-25)31(41)36(18-8-7-11-24-9-3-1-4-10-24)21-29(38)39(37)32(42)35-20-26-14-16-27(34)17-15-26/h1-6,9-10,12-17,28-29H,7-8,11,18-23H2,(H,35,42)/t28-,29?/m0/s1. The molecule has 1 unspecified atom stereocenters. The Morgan fingerprint density at radius 2 is 1.52 bits per heavy atom. The van der Waals surface area contributed by atoms with Crippen molar-refractivity contribution in [1.29, 1.82) is 0 Å². The van der Waals surface area contributed by atoms with Crippen molar-refractivity contribution in [3.8, 4) is 0 Å². The van der Waals surface area contributed by atoms with Crippen LogP contribution in [-0.4, -0.2) is 76.3 Å². The van der Waals surface area contributed by atoms with Crippen molar-refractivity contribution in [1.82, 2.24) is 25.1 Å². The van der Waals surface area contributed by atoms with Crippen LogP contribution in [0.25, 0.3) is 0 Å². The SMILES string of the molecule is O=C1[C@H](Cc2ccccc2)N2C(=O)CN(CF)N(C(=O)NCc3ccc(F)cc3)C2CN1CCCCc1ccccc1. The van der Waals surface area contributed by atoms with E-state index in [9.17, 15) is 23.2 Å². The van der Waals surface area contributed by atoms with Crippen LogP contribution >= 0.6 is 0 Å². The lowest BCUT2D eigenvalue weighted by molar-refractivity contribution is -0.194. The zero-order chi connectivity index (χ0) is 29.5. The van der Waals surface area contributed by atoms with Gasteiger partial charge in [0.15, 0.2) is 6.80 Å². The van der Waals surface area contributed by atoms with Crippen LogP contribution in [0.1, 0.15) is 29.5 Å². The fraction of sp³-hybridized carbons (Fsp3) is 0.344. The van der Waals surface area contributed by atoms with Crippen LogP contribution in [0.4, 0.5) is 13.6 Å². The molecule has 3 aromatic rings. The lowest BCUT2D eigenvalue weighted by Crippen LogP contribution is -2.76. The molecule has 2 aliphatic heterocycles. The van der Waals surface area contributed by atoms with Gasteiger partial charge < -0.3 is 15.1 Å². The molecule has 220 valence electrons. The number of rotatable bonds is 10. The van der Waals surface area contributed by atoms with E-state index in [0.29, 0.717) is 12.1 Å². The van der Waals surface area contributed by atoms with E-state index in [1.165, 1.54) is 27.6 Å². The van der Waals surface area contributed by atoms with E-state index in [4.69, 9.17) is 0 Å². The van der Waals surface area contributed by atoms with Crippen molar-refractivity contribution in [3.63, 3.8) is 0 Å². The second kappa shape index (κ2) is 13.6. The first-order chi connectivity index (χ1) is 20.4. The first-order valence-corrected chi connectivity index (χ1v) is 14.2. The number of hydrazine groups is 1. The van der Waals surface area contributed by atoms with Gasteiger partial charge in [-0.3, -0.25) is 9.59 Å². The van der Waals surface area contributed by atoms with Gasteiger partial charge in [-0.05, 0) is 48.1 Å². The Balaban J connectivity index is 1.37. The molecule has 8 nitrogen and oxygen atoms in total. The maximum absolute atomic E-state index is 14.3. The number of nitrogens with one attached hydrogen (secondary N) is 1. The van der Waals surface area contributed by atoms with Crippen LogP contribution < -0.4 is 5.32 Å². The summed E-state index contributed by atoms with van der Waals surface area (Å²) in [5.41, 5.74) is 2.77. The summed E-state index contributed by atoms with van der Waals surface area (Å²) < 4.78 is 27.6. The average molecular weight is 576 g/mol. The second-order valence-electron chi connectivity index (χ2n) is 10.6. The molecule has 0 aliphatic carbocycles. The molecule has 1 N–H and O–H groups in total. The summed E-state index contributed by atoms with van der Waals surface area (Å²) in [6.45, 7) is -0.801. The Morgan fingerprint density at radius 3 is 2.19 bits per heavy atom. The molecule has 5 rings (SSSR count). The van der Waals surface area contributed by atoms with Gasteiger partial charge in [-0.25, -0.2) is 18.6 Å². The van der Waals surface area contributed by atoms with E-state index in [-0.39, 0.29) is 37.8 Å². The predicted octanol–water partition coefficient (Wildman–Crippen LogP) is 4.13. The first-order valence-electron chi connectivity index (χ1n) is 14.2. The normalized spacial score (nSPS) is 19.1. The van der Waals surface area contributed by atoms with Gasteiger partial charge in [0.1, 0.15) is 24.6 Å². The van der Waals surface area contributed by atoms with Gasteiger partial charge in [-0.1, -0.05) is 72.8 Å². The number of carbonyl (C=O) groups excluding carboxylic acids is 3. The van der Waals surface area contributed by atoms with Crippen LogP contribution in [0, 0.1) is 5.82 Å². The Bertz CT molecular complexity index is 1360.